The summed E-state index contributed by atoms with van der Waals surface area (Å²) in [4.78, 5) is 10.1. The van der Waals surface area contributed by atoms with Gasteiger partial charge in [0.05, 0.1) is 11.0 Å². The minimum absolute atomic E-state index is 0.121. The van der Waals surface area contributed by atoms with Crippen LogP contribution in [0.15, 0.2) is 223 Å². The molecule has 63 heavy (non-hydrogen) atoms. The van der Waals surface area contributed by atoms with Crippen molar-refractivity contribution >= 4 is 67.1 Å². The Morgan fingerprint density at radius 3 is 1.71 bits per heavy atom. The Morgan fingerprint density at radius 2 is 0.984 bits per heavy atom. The number of imidazole rings is 1. The first-order valence-electron chi connectivity index (χ1n) is 21.5. The largest absolute Gasteiger partial charge is 0.456 e. The van der Waals surface area contributed by atoms with Gasteiger partial charge < -0.3 is 14.2 Å². The van der Waals surface area contributed by atoms with Crippen LogP contribution in [-0.2, 0) is 5.41 Å². The molecule has 2 heterocycles. The summed E-state index contributed by atoms with van der Waals surface area (Å²) in [6, 6.07) is 77.6. The summed E-state index contributed by atoms with van der Waals surface area (Å²) in [5, 5.41) is 2.17. The van der Waals surface area contributed by atoms with Crippen molar-refractivity contribution in [1.29, 1.82) is 0 Å². The van der Waals surface area contributed by atoms with E-state index in [-0.39, 0.29) is 5.41 Å². The van der Waals surface area contributed by atoms with E-state index in [1.807, 2.05) is 12.1 Å². The summed E-state index contributed by atoms with van der Waals surface area (Å²) in [5.41, 5.74) is 17.3. The Labute approximate surface area is 366 Å². The molecule has 0 radical (unpaired) electrons. The van der Waals surface area contributed by atoms with Crippen LogP contribution in [0.2, 0.25) is 0 Å². The number of para-hydroxylation sites is 4. The van der Waals surface area contributed by atoms with Gasteiger partial charge in [-0.15, -0.1) is 0 Å². The lowest BCUT2D eigenvalue weighted by Crippen LogP contribution is -2.14. The number of furan rings is 1. The first-order chi connectivity index (χ1) is 31.0. The first kappa shape index (κ1) is 36.7. The van der Waals surface area contributed by atoms with Crippen molar-refractivity contribution in [1.82, 2.24) is 9.55 Å². The number of aromatic nitrogens is 2. The summed E-state index contributed by atoms with van der Waals surface area (Å²) in [6.07, 6.45) is 0. The third kappa shape index (κ3) is 6.04. The normalized spacial score (nSPS) is 12.7. The van der Waals surface area contributed by atoms with Crippen LogP contribution in [0.4, 0.5) is 34.1 Å². The number of nitrogens with zero attached hydrogens (tertiary/aromatic N) is 4. The monoisotopic (exact) mass is 810 g/mol. The number of rotatable bonds is 8. The quantitative estimate of drug-likeness (QED) is 0.153. The number of fused-ring (bicyclic) bond motifs is 7. The molecule has 0 aliphatic heterocycles. The second-order valence-corrected chi connectivity index (χ2v) is 16.9. The predicted molar refractivity (Wildman–Crippen MR) is 261 cm³/mol. The van der Waals surface area contributed by atoms with Gasteiger partial charge in [-0.2, -0.15) is 0 Å². The Kier molecular flexibility index (Phi) is 8.44. The average Bonchev–Trinajstić information content (AvgIpc) is 3.97. The molecular formula is C58H42N4O. The molecule has 0 N–H and O–H groups in total. The van der Waals surface area contributed by atoms with Gasteiger partial charge in [-0.25, -0.2) is 4.98 Å². The van der Waals surface area contributed by atoms with Gasteiger partial charge in [0.25, 0.3) is 0 Å². The van der Waals surface area contributed by atoms with Crippen molar-refractivity contribution in [2.24, 2.45) is 0 Å². The lowest BCUT2D eigenvalue weighted by Gasteiger charge is -2.29. The standard InChI is InChI=1S/C58H42N4O/c1-58(2)51-27-14-12-25-47(51)49-37-54-53(38-52(49)58)59-57(62(54)42-21-10-5-11-22-42)39-29-31-43(32-30-39)61(46-33-34-56-50(36-46)48-26-13-15-28-55(48)63-56)45-24-16-23-44(35-45)60(40-17-6-3-7-18-40)41-19-8-4-9-20-41/h3-38H,1-2H3. The fourth-order valence-electron chi connectivity index (χ4n) is 9.74. The molecule has 1 aliphatic carbocycles. The van der Waals surface area contributed by atoms with Crippen LogP contribution in [0.1, 0.15) is 25.0 Å². The Morgan fingerprint density at radius 1 is 0.429 bits per heavy atom. The Bertz CT molecular complexity index is 3440. The molecule has 12 rings (SSSR count). The van der Waals surface area contributed by atoms with Crippen molar-refractivity contribution in [2.75, 3.05) is 9.80 Å². The molecule has 0 saturated carbocycles. The number of benzene rings is 9. The predicted octanol–water partition coefficient (Wildman–Crippen LogP) is 15.8. The zero-order valence-corrected chi connectivity index (χ0v) is 35.0. The van der Waals surface area contributed by atoms with Crippen molar-refractivity contribution in [3.63, 3.8) is 0 Å². The maximum atomic E-state index is 6.30. The minimum atomic E-state index is -0.121. The van der Waals surface area contributed by atoms with Gasteiger partial charge in [-0.3, -0.25) is 4.57 Å². The van der Waals surface area contributed by atoms with E-state index in [0.717, 1.165) is 84.2 Å². The SMILES string of the molecule is CC1(C)c2ccccc2-c2cc3c(cc21)nc(-c1ccc(N(c2cccc(N(c4ccccc4)c4ccccc4)c2)c2ccc4oc5ccccc5c4c2)cc1)n3-c1ccccc1. The summed E-state index contributed by atoms with van der Waals surface area (Å²) < 4.78 is 8.62. The summed E-state index contributed by atoms with van der Waals surface area (Å²) in [7, 11) is 0. The maximum Gasteiger partial charge on any atom is 0.145 e. The molecule has 1 aliphatic rings. The molecule has 2 aromatic heterocycles. The molecule has 5 nitrogen and oxygen atoms in total. The molecule has 0 spiro atoms. The van der Waals surface area contributed by atoms with Gasteiger partial charge in [0.2, 0.25) is 0 Å². The number of anilines is 6. The molecule has 0 saturated heterocycles. The molecule has 0 fully saturated rings. The highest BCUT2D eigenvalue weighted by molar-refractivity contribution is 6.06. The third-order valence-electron chi connectivity index (χ3n) is 12.7. The van der Waals surface area contributed by atoms with E-state index < -0.39 is 0 Å². The first-order valence-corrected chi connectivity index (χ1v) is 21.5. The van der Waals surface area contributed by atoms with Crippen molar-refractivity contribution in [3.05, 3.63) is 230 Å². The van der Waals surface area contributed by atoms with Crippen LogP contribution >= 0.6 is 0 Å². The van der Waals surface area contributed by atoms with Crippen LogP contribution in [0.5, 0.6) is 0 Å². The van der Waals surface area contributed by atoms with Crippen LogP contribution in [0.25, 0.3) is 61.2 Å². The van der Waals surface area contributed by atoms with Gasteiger partial charge in [0.1, 0.15) is 17.0 Å². The van der Waals surface area contributed by atoms with E-state index in [0.29, 0.717) is 0 Å². The molecule has 9 aromatic carbocycles. The van der Waals surface area contributed by atoms with E-state index >= 15 is 0 Å². The van der Waals surface area contributed by atoms with Crippen molar-refractivity contribution < 1.29 is 4.42 Å². The Hall–Kier alpha value is -8.15. The molecular weight excluding hydrogens is 769 g/mol. The summed E-state index contributed by atoms with van der Waals surface area (Å²) >= 11 is 0. The Balaban J connectivity index is 1.02. The van der Waals surface area contributed by atoms with Crippen molar-refractivity contribution in [3.8, 4) is 28.2 Å². The van der Waals surface area contributed by atoms with E-state index in [1.165, 1.54) is 22.3 Å². The maximum absolute atomic E-state index is 6.30. The minimum Gasteiger partial charge on any atom is -0.456 e. The number of hydrogen-bond acceptors (Lipinski definition) is 4. The van der Waals surface area contributed by atoms with E-state index in [1.54, 1.807) is 0 Å². The van der Waals surface area contributed by atoms with E-state index in [4.69, 9.17) is 9.40 Å². The van der Waals surface area contributed by atoms with Gasteiger partial charge in [0.15, 0.2) is 0 Å². The fraction of sp³-hybridized carbons (Fsp3) is 0.0517. The molecule has 5 heteroatoms. The summed E-state index contributed by atoms with van der Waals surface area (Å²) in [5.74, 6) is 0.902. The molecule has 0 unspecified atom stereocenters. The highest BCUT2D eigenvalue weighted by atomic mass is 16.3. The second-order valence-electron chi connectivity index (χ2n) is 16.9. The summed E-state index contributed by atoms with van der Waals surface area (Å²) in [6.45, 7) is 4.65. The fourth-order valence-corrected chi connectivity index (χ4v) is 9.74. The second kappa shape index (κ2) is 14.5. The van der Waals surface area contributed by atoms with Gasteiger partial charge in [-0.1, -0.05) is 117 Å². The third-order valence-corrected chi connectivity index (χ3v) is 12.7. The van der Waals surface area contributed by atoms with Gasteiger partial charge in [0, 0.05) is 61.6 Å². The molecule has 0 bridgehead atoms. The van der Waals surface area contributed by atoms with Crippen LogP contribution in [0, 0.1) is 0 Å². The highest BCUT2D eigenvalue weighted by Crippen LogP contribution is 2.50. The zero-order valence-electron chi connectivity index (χ0n) is 35.0. The lowest BCUT2D eigenvalue weighted by molar-refractivity contribution is 0.661. The van der Waals surface area contributed by atoms with Gasteiger partial charge in [-0.05, 0) is 138 Å². The molecule has 300 valence electrons. The molecule has 11 aromatic rings. The van der Waals surface area contributed by atoms with E-state index in [2.05, 4.69) is 234 Å². The van der Waals surface area contributed by atoms with Gasteiger partial charge >= 0.3 is 0 Å². The van der Waals surface area contributed by atoms with Crippen molar-refractivity contribution in [2.45, 2.75) is 19.3 Å². The zero-order chi connectivity index (χ0) is 42.1. The van der Waals surface area contributed by atoms with Crippen LogP contribution < -0.4 is 9.80 Å². The molecule has 0 amide bonds. The lowest BCUT2D eigenvalue weighted by atomic mass is 9.82. The average molecular weight is 811 g/mol. The molecule has 0 atom stereocenters. The van der Waals surface area contributed by atoms with Crippen LogP contribution in [-0.4, -0.2) is 9.55 Å². The number of hydrogen-bond donors (Lipinski definition) is 0. The smallest absolute Gasteiger partial charge is 0.145 e. The highest BCUT2D eigenvalue weighted by Gasteiger charge is 2.36. The topological polar surface area (TPSA) is 37.4 Å². The van der Waals surface area contributed by atoms with Crippen LogP contribution in [0.3, 0.4) is 0 Å². The van der Waals surface area contributed by atoms with E-state index in [9.17, 15) is 0 Å².